The van der Waals surface area contributed by atoms with E-state index in [0.717, 1.165) is 11.5 Å². The maximum Gasteiger partial charge on any atom is 0.254 e. The lowest BCUT2D eigenvalue weighted by Gasteiger charge is -2.33. The van der Waals surface area contributed by atoms with Crippen LogP contribution in [0, 0.1) is 5.41 Å². The Hall–Kier alpha value is -1.26. The lowest BCUT2D eigenvalue weighted by atomic mass is 9.92. The summed E-state index contributed by atoms with van der Waals surface area (Å²) in [7, 11) is 0. The smallest absolute Gasteiger partial charge is 0.254 e. The molecule has 0 aromatic carbocycles. The zero-order valence-corrected chi connectivity index (χ0v) is 12.3. The van der Waals surface area contributed by atoms with Gasteiger partial charge in [-0.2, -0.15) is 5.10 Å². The summed E-state index contributed by atoms with van der Waals surface area (Å²) >= 11 is 0. The molecule has 2 fully saturated rings. The van der Waals surface area contributed by atoms with Crippen molar-refractivity contribution in [3.8, 4) is 0 Å². The summed E-state index contributed by atoms with van der Waals surface area (Å²) in [6.45, 7) is 7.59. The van der Waals surface area contributed by atoms with Gasteiger partial charge in [0, 0.05) is 30.3 Å². The van der Waals surface area contributed by atoms with Crippen molar-refractivity contribution in [3.05, 3.63) is 17.8 Å². The molecule has 1 aliphatic heterocycles. The average Bonchev–Trinajstić information content (AvgIpc) is 2.90. The molecule has 1 saturated carbocycles. The first-order valence-corrected chi connectivity index (χ1v) is 7.21. The highest BCUT2D eigenvalue weighted by Crippen LogP contribution is 2.65. The Morgan fingerprint density at radius 3 is 2.10 bits per heavy atom. The first kappa shape index (κ1) is 13.7. The lowest BCUT2D eigenvalue weighted by Crippen LogP contribution is -2.37. The van der Waals surface area contributed by atoms with Gasteiger partial charge < -0.3 is 4.90 Å². The van der Waals surface area contributed by atoms with Crippen LogP contribution in [0.5, 0.6) is 0 Å². The van der Waals surface area contributed by atoms with Crippen molar-refractivity contribution in [1.29, 1.82) is 0 Å². The molecule has 110 valence electrons. The average molecular weight is 281 g/mol. The molecule has 3 rings (SSSR count). The fourth-order valence-electron chi connectivity index (χ4n) is 2.98. The fraction of sp³-hybridized carbons (Fsp3) is 0.733. The first-order valence-electron chi connectivity index (χ1n) is 7.21. The van der Waals surface area contributed by atoms with Crippen molar-refractivity contribution in [2.24, 2.45) is 5.41 Å². The molecule has 0 atom stereocenters. The second-order valence-electron chi connectivity index (χ2n) is 7.18. The van der Waals surface area contributed by atoms with E-state index >= 15 is 0 Å². The van der Waals surface area contributed by atoms with E-state index in [4.69, 9.17) is 0 Å². The number of halogens is 2. The number of anilines is 1. The standard InChI is InChI=1S/C15H21F2N3/c1-13(2,3)11-4-5-12(19-18-11)20-8-6-14(7-9-20)10-15(14,16)17/h4-5H,6-10H2,1-3H3. The molecular weight excluding hydrogens is 260 g/mol. The highest BCUT2D eigenvalue weighted by atomic mass is 19.3. The third-order valence-electron chi connectivity index (χ3n) is 4.67. The van der Waals surface area contributed by atoms with E-state index in [9.17, 15) is 8.78 Å². The minimum absolute atomic E-state index is 0.0203. The number of piperidine rings is 1. The molecule has 2 heterocycles. The third kappa shape index (κ3) is 2.17. The highest BCUT2D eigenvalue weighted by molar-refractivity contribution is 5.39. The molecule has 0 radical (unpaired) electrons. The number of alkyl halides is 2. The summed E-state index contributed by atoms with van der Waals surface area (Å²) in [5.41, 5.74) is 0.221. The van der Waals surface area contributed by atoms with E-state index in [1.54, 1.807) is 0 Å². The summed E-state index contributed by atoms with van der Waals surface area (Å²) < 4.78 is 26.7. The van der Waals surface area contributed by atoms with Gasteiger partial charge in [-0.25, -0.2) is 8.78 Å². The molecule has 0 amide bonds. The van der Waals surface area contributed by atoms with Crippen LogP contribution in [0.25, 0.3) is 0 Å². The molecule has 5 heteroatoms. The Bertz CT molecular complexity index is 497. The Morgan fingerprint density at radius 2 is 1.70 bits per heavy atom. The highest BCUT2D eigenvalue weighted by Gasteiger charge is 2.70. The molecular formula is C15H21F2N3. The van der Waals surface area contributed by atoms with E-state index in [0.29, 0.717) is 25.9 Å². The van der Waals surface area contributed by atoms with Gasteiger partial charge in [0.25, 0.3) is 5.92 Å². The second kappa shape index (κ2) is 4.12. The minimum atomic E-state index is -2.43. The van der Waals surface area contributed by atoms with Crippen LogP contribution in [0.3, 0.4) is 0 Å². The molecule has 20 heavy (non-hydrogen) atoms. The fourth-order valence-corrected chi connectivity index (χ4v) is 2.98. The summed E-state index contributed by atoms with van der Waals surface area (Å²) in [6, 6.07) is 3.94. The van der Waals surface area contributed by atoms with Crippen LogP contribution in [0.4, 0.5) is 14.6 Å². The van der Waals surface area contributed by atoms with Crippen molar-refractivity contribution in [3.63, 3.8) is 0 Å². The maximum atomic E-state index is 13.3. The SMILES string of the molecule is CC(C)(C)c1ccc(N2CCC3(CC2)CC3(F)F)nn1. The number of rotatable bonds is 1. The molecule has 0 unspecified atom stereocenters. The summed E-state index contributed by atoms with van der Waals surface area (Å²) in [5, 5.41) is 8.53. The minimum Gasteiger partial charge on any atom is -0.355 e. The van der Waals surface area contributed by atoms with Crippen LogP contribution in [-0.4, -0.2) is 29.2 Å². The molecule has 3 nitrogen and oxygen atoms in total. The number of hydrogen-bond acceptors (Lipinski definition) is 3. The third-order valence-corrected chi connectivity index (χ3v) is 4.67. The van der Waals surface area contributed by atoms with E-state index in [2.05, 4.69) is 35.9 Å². The molecule has 1 aromatic heterocycles. The Morgan fingerprint density at radius 1 is 1.10 bits per heavy atom. The van der Waals surface area contributed by atoms with E-state index in [1.807, 2.05) is 12.1 Å². The van der Waals surface area contributed by atoms with Gasteiger partial charge in [0.05, 0.1) is 5.69 Å². The Labute approximate surface area is 118 Å². The molecule has 2 aliphatic rings. The molecule has 1 saturated heterocycles. The molecule has 1 spiro atoms. The van der Waals surface area contributed by atoms with Gasteiger partial charge in [-0.05, 0) is 25.0 Å². The molecule has 1 aromatic rings. The van der Waals surface area contributed by atoms with Crippen molar-refractivity contribution < 1.29 is 8.78 Å². The van der Waals surface area contributed by atoms with Crippen molar-refractivity contribution in [1.82, 2.24) is 10.2 Å². The Kier molecular flexibility index (Phi) is 2.82. The zero-order chi connectivity index (χ0) is 14.6. The molecule has 0 bridgehead atoms. The van der Waals surface area contributed by atoms with Gasteiger partial charge >= 0.3 is 0 Å². The van der Waals surface area contributed by atoms with Crippen LogP contribution < -0.4 is 4.90 Å². The van der Waals surface area contributed by atoms with Crippen LogP contribution in [0.15, 0.2) is 12.1 Å². The van der Waals surface area contributed by atoms with E-state index in [1.165, 1.54) is 0 Å². The normalized spacial score (nSPS) is 23.9. The Balaban J connectivity index is 1.67. The number of hydrogen-bond donors (Lipinski definition) is 0. The monoisotopic (exact) mass is 281 g/mol. The summed E-state index contributed by atoms with van der Waals surface area (Å²) in [6.07, 6.45) is 1.19. The van der Waals surface area contributed by atoms with Crippen molar-refractivity contribution >= 4 is 5.82 Å². The molecule has 0 N–H and O–H groups in total. The molecule has 1 aliphatic carbocycles. The van der Waals surface area contributed by atoms with E-state index in [-0.39, 0.29) is 11.8 Å². The van der Waals surface area contributed by atoms with Crippen LogP contribution in [-0.2, 0) is 5.41 Å². The van der Waals surface area contributed by atoms with Gasteiger partial charge in [0.2, 0.25) is 0 Å². The quantitative estimate of drug-likeness (QED) is 0.790. The van der Waals surface area contributed by atoms with Crippen molar-refractivity contribution in [2.75, 3.05) is 18.0 Å². The second-order valence-corrected chi connectivity index (χ2v) is 7.18. The summed E-state index contributed by atoms with van der Waals surface area (Å²) in [5.74, 6) is -1.63. The van der Waals surface area contributed by atoms with Gasteiger partial charge in [0.1, 0.15) is 0 Å². The zero-order valence-electron chi connectivity index (χ0n) is 12.3. The maximum absolute atomic E-state index is 13.3. The summed E-state index contributed by atoms with van der Waals surface area (Å²) in [4.78, 5) is 2.07. The van der Waals surface area contributed by atoms with Crippen molar-refractivity contribution in [2.45, 2.75) is 51.4 Å². The number of aromatic nitrogens is 2. The van der Waals surface area contributed by atoms with E-state index < -0.39 is 11.3 Å². The van der Waals surface area contributed by atoms with Gasteiger partial charge in [-0.3, -0.25) is 0 Å². The topological polar surface area (TPSA) is 29.0 Å². The van der Waals surface area contributed by atoms with Gasteiger partial charge in [0.15, 0.2) is 5.82 Å². The first-order chi connectivity index (χ1) is 9.24. The predicted octanol–water partition coefficient (Wildman–Crippen LogP) is 3.40. The van der Waals surface area contributed by atoms with Crippen LogP contribution in [0.2, 0.25) is 0 Å². The lowest BCUT2D eigenvalue weighted by molar-refractivity contribution is 0.0536. The van der Waals surface area contributed by atoms with Crippen LogP contribution in [0.1, 0.15) is 45.7 Å². The van der Waals surface area contributed by atoms with Gasteiger partial charge in [-0.15, -0.1) is 5.10 Å². The predicted molar refractivity (Wildman–Crippen MR) is 74.2 cm³/mol. The van der Waals surface area contributed by atoms with Crippen LogP contribution >= 0.6 is 0 Å². The number of nitrogens with zero attached hydrogens (tertiary/aromatic N) is 3. The largest absolute Gasteiger partial charge is 0.355 e. The van der Waals surface area contributed by atoms with Gasteiger partial charge in [-0.1, -0.05) is 20.8 Å².